The first-order chi connectivity index (χ1) is 12.7. The number of nitrogens with two attached hydrogens (primary N) is 1. The zero-order chi connectivity index (χ0) is 19.7. The first-order valence-electron chi connectivity index (χ1n) is 7.44. The maximum atomic E-state index is 14.9. The van der Waals surface area contributed by atoms with Crippen LogP contribution in [-0.4, -0.2) is 76.9 Å². The first-order valence-corrected chi connectivity index (χ1v) is 7.82. The van der Waals surface area contributed by atoms with Crippen molar-refractivity contribution >= 4 is 40.5 Å². The number of hydrogen-bond donors (Lipinski definition) is 4. The van der Waals surface area contributed by atoms with E-state index in [2.05, 4.69) is 15.0 Å². The van der Waals surface area contributed by atoms with Gasteiger partial charge in [0.1, 0.15) is 17.7 Å². The number of aromatic nitrogens is 4. The minimum Gasteiger partial charge on any atom is -0.479 e. The summed E-state index contributed by atoms with van der Waals surface area (Å²) in [6.07, 6.45) is -7.31. The number of ether oxygens (including phenoxy) is 2. The fraction of sp³-hybridized carbons (Fsp3) is 0.462. The van der Waals surface area contributed by atoms with Crippen LogP contribution in [0.15, 0.2) is 6.33 Å². The predicted octanol–water partition coefficient (Wildman–Crippen LogP) is -1.03. The Morgan fingerprint density at radius 3 is 2.63 bits per heavy atom. The maximum absolute atomic E-state index is 14.9. The normalized spacial score (nSPS) is 32.0. The highest BCUT2D eigenvalue weighted by molar-refractivity contribution is 6.28. The summed E-state index contributed by atoms with van der Waals surface area (Å²) in [5.74, 6) is -3.61. The van der Waals surface area contributed by atoms with Crippen molar-refractivity contribution in [2.75, 3.05) is 5.73 Å². The highest BCUT2D eigenvalue weighted by atomic mass is 35.5. The van der Waals surface area contributed by atoms with E-state index in [1.165, 1.54) is 6.33 Å². The second kappa shape index (κ2) is 5.69. The average molecular weight is 404 g/mol. The molecule has 2 fully saturated rings. The van der Waals surface area contributed by atoms with Crippen LogP contribution in [0.2, 0.25) is 5.28 Å². The summed E-state index contributed by atoms with van der Waals surface area (Å²) in [4.78, 5) is 33.4. The molecular weight excluding hydrogens is 393 g/mol. The molecule has 1 aliphatic heterocycles. The topological polar surface area (TPSA) is 183 Å². The fourth-order valence-corrected chi connectivity index (χ4v) is 3.30. The summed E-state index contributed by atoms with van der Waals surface area (Å²) in [5, 5.41) is 27.9. The summed E-state index contributed by atoms with van der Waals surface area (Å²) in [5.41, 5.74) is 3.67. The number of nitrogens with zero attached hydrogens (tertiary/aromatic N) is 4. The van der Waals surface area contributed by atoms with Crippen molar-refractivity contribution in [3.63, 3.8) is 0 Å². The number of hydrogen-bond acceptors (Lipinski definition) is 9. The molecule has 0 amide bonds. The number of carboxylic acids is 2. The maximum Gasteiger partial charge on any atom is 0.344 e. The van der Waals surface area contributed by atoms with Gasteiger partial charge in [-0.1, -0.05) is 0 Å². The smallest absolute Gasteiger partial charge is 0.344 e. The van der Waals surface area contributed by atoms with Gasteiger partial charge in [-0.05, 0) is 11.6 Å². The van der Waals surface area contributed by atoms with Gasteiger partial charge in [0.25, 0.3) is 6.10 Å². The van der Waals surface area contributed by atoms with Crippen LogP contribution in [0.1, 0.15) is 6.23 Å². The van der Waals surface area contributed by atoms with E-state index in [4.69, 9.17) is 37.0 Å². The van der Waals surface area contributed by atoms with Crippen LogP contribution in [0.25, 0.3) is 11.2 Å². The van der Waals surface area contributed by atoms with E-state index < -0.39 is 48.3 Å². The summed E-state index contributed by atoms with van der Waals surface area (Å²) in [6, 6.07) is 0. The van der Waals surface area contributed by atoms with Crippen LogP contribution >= 0.6 is 11.6 Å². The van der Waals surface area contributed by atoms with Gasteiger partial charge in [-0.2, -0.15) is 9.97 Å². The van der Waals surface area contributed by atoms with E-state index in [0.717, 1.165) is 4.57 Å². The van der Waals surface area contributed by atoms with Crippen LogP contribution < -0.4 is 5.73 Å². The van der Waals surface area contributed by atoms with Gasteiger partial charge in [0.15, 0.2) is 29.5 Å². The Balaban J connectivity index is 1.59. The van der Waals surface area contributed by atoms with E-state index >= 15 is 0 Å². The Hall–Kier alpha value is -2.61. The number of imidazole rings is 1. The SMILES string of the molecule is Nc1nc(Cl)nc2c1ncn2[C@@H]1O[C@@H]2C(OC(C(=O)O)C(=O)O)[C@]2(O)[C@@H]1F. The quantitative estimate of drug-likeness (QED) is 0.353. The van der Waals surface area contributed by atoms with Gasteiger partial charge in [0.2, 0.25) is 5.28 Å². The summed E-state index contributed by atoms with van der Waals surface area (Å²) < 4.78 is 26.3. The molecule has 2 aromatic rings. The van der Waals surface area contributed by atoms with Crippen LogP contribution in [0.5, 0.6) is 0 Å². The highest BCUT2D eigenvalue weighted by Gasteiger charge is 2.79. The number of halogens is 2. The predicted molar refractivity (Wildman–Crippen MR) is 82.4 cm³/mol. The third kappa shape index (κ3) is 2.43. The van der Waals surface area contributed by atoms with Gasteiger partial charge in [0.05, 0.1) is 6.33 Å². The van der Waals surface area contributed by atoms with Crippen molar-refractivity contribution < 1.29 is 38.8 Å². The largest absolute Gasteiger partial charge is 0.479 e. The number of aliphatic carboxylic acids is 2. The van der Waals surface area contributed by atoms with Gasteiger partial charge in [-0.15, -0.1) is 0 Å². The number of nitrogen functional groups attached to an aromatic ring is 1. The second-order valence-electron chi connectivity index (χ2n) is 6.05. The standard InChI is InChI=1S/C13H11ClFN5O7/c14-12-18-7(16)2-8(19-12)20(1-17-2)9-4(15)13(25)5(6(13)27-9)26-3(10(21)22)11(23)24/h1,3-6,9,25H,(H,21,22)(H,23,24)(H2,16,18,19)/t4-,5?,6-,9-,13-/m1/s1. The van der Waals surface area contributed by atoms with E-state index in [1.54, 1.807) is 0 Å². The van der Waals surface area contributed by atoms with Crippen molar-refractivity contribution in [2.45, 2.75) is 36.3 Å². The molecule has 2 aliphatic rings. The zero-order valence-electron chi connectivity index (χ0n) is 13.1. The summed E-state index contributed by atoms with van der Waals surface area (Å²) in [6.45, 7) is 0. The third-order valence-electron chi connectivity index (χ3n) is 4.48. The summed E-state index contributed by atoms with van der Waals surface area (Å²) in [7, 11) is 0. The molecule has 1 saturated heterocycles. The fourth-order valence-electron chi connectivity index (χ4n) is 3.13. The van der Waals surface area contributed by atoms with Gasteiger partial charge in [0, 0.05) is 0 Å². The lowest BCUT2D eigenvalue weighted by Gasteiger charge is -2.22. The molecule has 144 valence electrons. The van der Waals surface area contributed by atoms with Gasteiger partial charge < -0.3 is 30.5 Å². The molecule has 14 heteroatoms. The van der Waals surface area contributed by atoms with E-state index in [1.807, 2.05) is 0 Å². The number of alkyl halides is 1. The van der Waals surface area contributed by atoms with E-state index in [-0.39, 0.29) is 22.3 Å². The van der Waals surface area contributed by atoms with Gasteiger partial charge >= 0.3 is 11.9 Å². The van der Waals surface area contributed by atoms with Crippen LogP contribution in [0.3, 0.4) is 0 Å². The molecule has 0 bridgehead atoms. The van der Waals surface area contributed by atoms with Crippen LogP contribution in [-0.2, 0) is 19.1 Å². The first kappa shape index (κ1) is 17.8. The molecule has 4 rings (SSSR count). The number of anilines is 1. The van der Waals surface area contributed by atoms with Gasteiger partial charge in [-0.25, -0.2) is 19.0 Å². The van der Waals surface area contributed by atoms with Crippen molar-refractivity contribution in [1.29, 1.82) is 0 Å². The number of carboxylic acid groups (broad SMARTS) is 2. The molecule has 0 radical (unpaired) electrons. The molecule has 0 aromatic carbocycles. The lowest BCUT2D eigenvalue weighted by Crippen LogP contribution is -2.39. The minimum absolute atomic E-state index is 0.0343. The van der Waals surface area contributed by atoms with Crippen molar-refractivity contribution in [2.24, 2.45) is 0 Å². The van der Waals surface area contributed by atoms with Gasteiger partial charge in [-0.3, -0.25) is 4.57 Å². The number of fused-ring (bicyclic) bond motifs is 2. The van der Waals surface area contributed by atoms with Crippen molar-refractivity contribution in [1.82, 2.24) is 19.5 Å². The molecule has 2 aromatic heterocycles. The van der Waals surface area contributed by atoms with Crippen LogP contribution in [0.4, 0.5) is 10.2 Å². The Morgan fingerprint density at radius 2 is 2.07 bits per heavy atom. The molecule has 12 nitrogen and oxygen atoms in total. The molecule has 3 heterocycles. The van der Waals surface area contributed by atoms with Crippen molar-refractivity contribution in [3.8, 4) is 0 Å². The van der Waals surface area contributed by atoms with E-state index in [0.29, 0.717) is 0 Å². The molecule has 0 spiro atoms. The molecule has 1 aliphatic carbocycles. The highest BCUT2D eigenvalue weighted by Crippen LogP contribution is 2.57. The number of rotatable bonds is 5. The Kier molecular flexibility index (Phi) is 3.75. The van der Waals surface area contributed by atoms with Crippen molar-refractivity contribution in [3.05, 3.63) is 11.6 Å². The third-order valence-corrected chi connectivity index (χ3v) is 4.65. The molecule has 5 N–H and O–H groups in total. The molecule has 5 atom stereocenters. The lowest BCUT2D eigenvalue weighted by atomic mass is 10.2. The number of aliphatic hydroxyl groups is 1. The molecular formula is C13H11ClFN5O7. The Morgan fingerprint density at radius 1 is 1.41 bits per heavy atom. The van der Waals surface area contributed by atoms with E-state index in [9.17, 15) is 19.1 Å². The minimum atomic E-state index is -2.26. The molecule has 27 heavy (non-hydrogen) atoms. The Bertz CT molecular complexity index is 958. The lowest BCUT2D eigenvalue weighted by molar-refractivity contribution is -0.173. The van der Waals surface area contributed by atoms with Crippen LogP contribution in [0, 0.1) is 0 Å². The average Bonchev–Trinajstić information content (AvgIpc) is 2.85. The zero-order valence-corrected chi connectivity index (χ0v) is 13.8. The summed E-state index contributed by atoms with van der Waals surface area (Å²) >= 11 is 5.74. The Labute approximate surface area is 153 Å². The molecule has 1 unspecified atom stereocenters. The number of carbonyl (C=O) groups is 2. The molecule has 1 saturated carbocycles. The monoisotopic (exact) mass is 403 g/mol. The second-order valence-corrected chi connectivity index (χ2v) is 6.39.